The summed E-state index contributed by atoms with van der Waals surface area (Å²) in [6.07, 6.45) is 5.38. The second kappa shape index (κ2) is 7.66. The van der Waals surface area contributed by atoms with Crippen LogP contribution in [0.2, 0.25) is 0 Å². The van der Waals surface area contributed by atoms with E-state index in [1.54, 1.807) is 21.9 Å². The molecule has 142 valence electrons. The van der Waals surface area contributed by atoms with Crippen LogP contribution in [-0.2, 0) is 11.8 Å². The van der Waals surface area contributed by atoms with Crippen molar-refractivity contribution in [1.29, 1.82) is 0 Å². The number of aromatic nitrogens is 3. The number of carbonyl (C=O) groups excluding carboxylic acids is 1. The Morgan fingerprint density at radius 1 is 1.48 bits per heavy atom. The van der Waals surface area contributed by atoms with Crippen molar-refractivity contribution in [2.24, 2.45) is 7.05 Å². The van der Waals surface area contributed by atoms with E-state index in [1.807, 2.05) is 32.2 Å². The summed E-state index contributed by atoms with van der Waals surface area (Å²) in [5.74, 6) is 0.950. The highest BCUT2D eigenvalue weighted by Gasteiger charge is 2.29. The number of amides is 1. The van der Waals surface area contributed by atoms with Gasteiger partial charge in [-0.1, -0.05) is 17.4 Å². The molecule has 1 aliphatic rings. The largest absolute Gasteiger partial charge is 0.492 e. The average Bonchev–Trinajstić information content (AvgIpc) is 3.40. The van der Waals surface area contributed by atoms with Crippen molar-refractivity contribution >= 4 is 32.6 Å². The minimum Gasteiger partial charge on any atom is -0.492 e. The van der Waals surface area contributed by atoms with Gasteiger partial charge in [-0.2, -0.15) is 0 Å². The number of thiazole rings is 1. The van der Waals surface area contributed by atoms with E-state index in [9.17, 15) is 4.79 Å². The van der Waals surface area contributed by atoms with Crippen LogP contribution in [-0.4, -0.2) is 46.3 Å². The van der Waals surface area contributed by atoms with E-state index in [2.05, 4.69) is 4.98 Å². The van der Waals surface area contributed by atoms with Gasteiger partial charge in [0.05, 0.1) is 24.0 Å². The number of carbonyl (C=O) groups is 1. The van der Waals surface area contributed by atoms with Gasteiger partial charge in [-0.05, 0) is 31.9 Å². The Bertz CT molecular complexity index is 945. The Kier molecular flexibility index (Phi) is 5.09. The second-order valence-electron chi connectivity index (χ2n) is 6.44. The number of hydrogen-bond donors (Lipinski definition) is 0. The fraction of sp³-hybridized carbons (Fsp3) is 0.421. The lowest BCUT2D eigenvalue weighted by Crippen LogP contribution is -2.38. The smallest absolute Gasteiger partial charge is 0.296 e. The van der Waals surface area contributed by atoms with E-state index in [-0.39, 0.29) is 12.0 Å². The van der Waals surface area contributed by atoms with Crippen molar-refractivity contribution in [2.45, 2.75) is 25.9 Å². The number of rotatable bonds is 6. The molecule has 1 fully saturated rings. The number of fused-ring (bicyclic) bond motifs is 1. The highest BCUT2D eigenvalue weighted by Crippen LogP contribution is 2.35. The minimum atomic E-state index is -0.171. The molecule has 1 atom stereocenters. The molecule has 0 radical (unpaired) electrons. The Hall–Kier alpha value is -2.45. The van der Waals surface area contributed by atoms with Crippen LogP contribution in [0.3, 0.4) is 0 Å². The van der Waals surface area contributed by atoms with Crippen molar-refractivity contribution < 1.29 is 14.3 Å². The zero-order valence-corrected chi connectivity index (χ0v) is 16.2. The van der Waals surface area contributed by atoms with Crippen LogP contribution in [0.15, 0.2) is 30.6 Å². The van der Waals surface area contributed by atoms with Gasteiger partial charge in [-0.3, -0.25) is 9.69 Å². The van der Waals surface area contributed by atoms with Gasteiger partial charge in [0, 0.05) is 26.0 Å². The highest BCUT2D eigenvalue weighted by molar-refractivity contribution is 7.22. The number of anilines is 1. The molecule has 0 aliphatic carbocycles. The summed E-state index contributed by atoms with van der Waals surface area (Å²) in [4.78, 5) is 23.9. The van der Waals surface area contributed by atoms with E-state index in [0.717, 1.165) is 35.4 Å². The fourth-order valence-corrected chi connectivity index (χ4v) is 4.22. The Labute approximate surface area is 161 Å². The van der Waals surface area contributed by atoms with E-state index >= 15 is 0 Å². The van der Waals surface area contributed by atoms with Gasteiger partial charge in [0.1, 0.15) is 11.3 Å². The summed E-state index contributed by atoms with van der Waals surface area (Å²) in [5, 5.41) is 0.639. The number of imidazole rings is 1. The number of nitrogens with zero attached hydrogens (tertiary/aromatic N) is 4. The maximum Gasteiger partial charge on any atom is 0.296 e. The maximum atomic E-state index is 13.2. The van der Waals surface area contributed by atoms with Crippen LogP contribution in [0.1, 0.15) is 30.4 Å². The summed E-state index contributed by atoms with van der Waals surface area (Å²) < 4.78 is 14.2. The lowest BCUT2D eigenvalue weighted by atomic mass is 10.2. The summed E-state index contributed by atoms with van der Waals surface area (Å²) >= 11 is 1.48. The van der Waals surface area contributed by atoms with Crippen molar-refractivity contribution in [1.82, 2.24) is 14.5 Å². The van der Waals surface area contributed by atoms with E-state index < -0.39 is 0 Å². The van der Waals surface area contributed by atoms with Crippen LogP contribution >= 0.6 is 11.3 Å². The molecule has 1 aliphatic heterocycles. The molecule has 7 nitrogen and oxygen atoms in total. The predicted molar refractivity (Wildman–Crippen MR) is 105 cm³/mol. The maximum absolute atomic E-state index is 13.2. The van der Waals surface area contributed by atoms with E-state index in [4.69, 9.17) is 14.5 Å². The molecule has 1 unspecified atom stereocenters. The molecule has 27 heavy (non-hydrogen) atoms. The normalized spacial score (nSPS) is 16.7. The van der Waals surface area contributed by atoms with Crippen LogP contribution in [0, 0.1) is 0 Å². The summed E-state index contributed by atoms with van der Waals surface area (Å²) in [6.45, 7) is 3.72. The van der Waals surface area contributed by atoms with Gasteiger partial charge in [0.15, 0.2) is 11.0 Å². The van der Waals surface area contributed by atoms with Gasteiger partial charge in [0.2, 0.25) is 0 Å². The summed E-state index contributed by atoms with van der Waals surface area (Å²) in [7, 11) is 1.82. The summed E-state index contributed by atoms with van der Waals surface area (Å²) in [6, 6.07) is 5.84. The summed E-state index contributed by atoms with van der Waals surface area (Å²) in [5.41, 5.74) is 0.782. The third-order valence-corrected chi connectivity index (χ3v) is 5.61. The lowest BCUT2D eigenvalue weighted by Gasteiger charge is -2.22. The zero-order valence-electron chi connectivity index (χ0n) is 15.4. The molecule has 1 amide bonds. The number of ether oxygens (including phenoxy) is 2. The third-order valence-electron chi connectivity index (χ3n) is 4.57. The first-order valence-electron chi connectivity index (χ1n) is 9.10. The van der Waals surface area contributed by atoms with Gasteiger partial charge < -0.3 is 14.0 Å². The lowest BCUT2D eigenvalue weighted by molar-refractivity contribution is 0.0906. The van der Waals surface area contributed by atoms with Gasteiger partial charge in [0.25, 0.3) is 5.91 Å². The van der Waals surface area contributed by atoms with E-state index in [0.29, 0.717) is 24.1 Å². The molecule has 3 aromatic rings. The molecule has 0 saturated carbocycles. The first-order valence-corrected chi connectivity index (χ1v) is 9.92. The Morgan fingerprint density at radius 3 is 3.07 bits per heavy atom. The van der Waals surface area contributed by atoms with Crippen molar-refractivity contribution in [3.05, 3.63) is 36.4 Å². The molecule has 4 rings (SSSR count). The van der Waals surface area contributed by atoms with Gasteiger partial charge in [-0.25, -0.2) is 9.97 Å². The van der Waals surface area contributed by atoms with Crippen LogP contribution in [0.5, 0.6) is 5.75 Å². The Morgan fingerprint density at radius 2 is 2.37 bits per heavy atom. The van der Waals surface area contributed by atoms with Gasteiger partial charge >= 0.3 is 0 Å². The SMILES string of the molecule is CCOc1cccc2sc(N(CC3CCCO3)C(=O)c3nccn3C)nc12. The molecular weight excluding hydrogens is 364 g/mol. The monoisotopic (exact) mass is 386 g/mol. The molecule has 8 heteroatoms. The third kappa shape index (κ3) is 3.54. The first-order chi connectivity index (χ1) is 13.2. The van der Waals surface area contributed by atoms with E-state index in [1.165, 1.54) is 11.3 Å². The van der Waals surface area contributed by atoms with Crippen molar-refractivity contribution in [3.63, 3.8) is 0 Å². The molecular formula is C19H22N4O3S. The van der Waals surface area contributed by atoms with Crippen molar-refractivity contribution in [2.75, 3.05) is 24.7 Å². The minimum absolute atomic E-state index is 0.0209. The first kappa shape index (κ1) is 17.9. The second-order valence-corrected chi connectivity index (χ2v) is 7.45. The molecule has 0 spiro atoms. The van der Waals surface area contributed by atoms with Crippen LogP contribution in [0.25, 0.3) is 10.2 Å². The standard InChI is InChI=1S/C19H22N4O3S/c1-3-25-14-7-4-8-15-16(14)21-19(27-15)23(12-13-6-5-11-26-13)18(24)17-20-9-10-22(17)2/h4,7-10,13H,3,5-6,11-12H2,1-2H3. The number of aryl methyl sites for hydroxylation is 1. The highest BCUT2D eigenvalue weighted by atomic mass is 32.1. The molecule has 1 aromatic carbocycles. The zero-order chi connectivity index (χ0) is 18.8. The number of benzene rings is 1. The number of para-hydroxylation sites is 1. The fourth-order valence-electron chi connectivity index (χ4n) is 3.23. The van der Waals surface area contributed by atoms with Crippen LogP contribution in [0.4, 0.5) is 5.13 Å². The molecule has 1 saturated heterocycles. The number of hydrogen-bond acceptors (Lipinski definition) is 6. The molecule has 3 heterocycles. The van der Waals surface area contributed by atoms with Crippen molar-refractivity contribution in [3.8, 4) is 5.75 Å². The van der Waals surface area contributed by atoms with Gasteiger partial charge in [-0.15, -0.1) is 0 Å². The quantitative estimate of drug-likeness (QED) is 0.650. The average molecular weight is 386 g/mol. The Balaban J connectivity index is 1.73. The predicted octanol–water partition coefficient (Wildman–Crippen LogP) is 3.25. The molecule has 0 bridgehead atoms. The molecule has 0 N–H and O–H groups in total. The topological polar surface area (TPSA) is 69.5 Å². The van der Waals surface area contributed by atoms with Crippen LogP contribution < -0.4 is 9.64 Å². The molecule has 2 aromatic heterocycles.